The zero-order chi connectivity index (χ0) is 20.9. The maximum absolute atomic E-state index is 12.9. The number of esters is 1. The van der Waals surface area contributed by atoms with E-state index in [0.29, 0.717) is 29.8 Å². The van der Waals surface area contributed by atoms with Gasteiger partial charge in [-0.1, -0.05) is 6.07 Å². The van der Waals surface area contributed by atoms with Gasteiger partial charge >= 0.3 is 5.97 Å². The van der Waals surface area contributed by atoms with E-state index in [9.17, 15) is 9.59 Å². The summed E-state index contributed by atoms with van der Waals surface area (Å²) in [6.07, 6.45) is 4.87. The summed E-state index contributed by atoms with van der Waals surface area (Å²) in [5, 5.41) is 7.49. The fourth-order valence-corrected chi connectivity index (χ4v) is 6.18. The predicted octanol–water partition coefficient (Wildman–Crippen LogP) is 4.15. The molecule has 30 heavy (non-hydrogen) atoms. The van der Waals surface area contributed by atoms with E-state index < -0.39 is 0 Å². The smallest absolute Gasteiger partial charge is 0.341 e. The number of carbonyl (C=O) groups is 2. The van der Waals surface area contributed by atoms with E-state index in [1.807, 2.05) is 22.9 Å². The molecule has 0 radical (unpaired) electrons. The number of likely N-dealkylation sites (tertiary alicyclic amines) is 2. The Labute approximate surface area is 185 Å². The third-order valence-corrected chi connectivity index (χ3v) is 7.62. The second kappa shape index (κ2) is 10.0. The van der Waals surface area contributed by atoms with E-state index in [4.69, 9.17) is 4.74 Å². The molecule has 0 spiro atoms. The second-order valence-electron chi connectivity index (χ2n) is 7.87. The first-order chi connectivity index (χ1) is 14.7. The average Bonchev–Trinajstić information content (AvgIpc) is 3.51. The van der Waals surface area contributed by atoms with Gasteiger partial charge in [0.15, 0.2) is 0 Å². The Balaban J connectivity index is 1.44. The number of thiophene rings is 2. The summed E-state index contributed by atoms with van der Waals surface area (Å²) in [5.41, 5.74) is 1.30. The van der Waals surface area contributed by atoms with Crippen molar-refractivity contribution in [3.63, 3.8) is 0 Å². The normalized spacial score (nSPS) is 20.0. The van der Waals surface area contributed by atoms with E-state index in [0.717, 1.165) is 36.4 Å². The van der Waals surface area contributed by atoms with Gasteiger partial charge in [-0.3, -0.25) is 9.69 Å². The Morgan fingerprint density at radius 3 is 2.77 bits per heavy atom. The van der Waals surface area contributed by atoms with Crippen molar-refractivity contribution in [2.45, 2.75) is 38.6 Å². The number of hydrogen-bond acceptors (Lipinski definition) is 7. The minimum absolute atomic E-state index is 0.0616. The lowest BCUT2D eigenvalue weighted by Gasteiger charge is -2.27. The predicted molar refractivity (Wildman–Crippen MR) is 122 cm³/mol. The van der Waals surface area contributed by atoms with Crippen LogP contribution in [0.2, 0.25) is 0 Å². The molecule has 8 heteroatoms. The minimum atomic E-state index is -0.384. The molecule has 1 N–H and O–H groups in total. The molecule has 2 aliphatic heterocycles. The van der Waals surface area contributed by atoms with Crippen LogP contribution < -0.4 is 5.32 Å². The molecular formula is C22H29N3O3S2. The zero-order valence-corrected chi connectivity index (χ0v) is 19.0. The van der Waals surface area contributed by atoms with E-state index in [1.54, 1.807) is 18.3 Å². The summed E-state index contributed by atoms with van der Waals surface area (Å²) >= 11 is 2.96. The van der Waals surface area contributed by atoms with Crippen molar-refractivity contribution in [3.8, 4) is 10.4 Å². The van der Waals surface area contributed by atoms with Crippen LogP contribution in [0, 0.1) is 0 Å². The highest BCUT2D eigenvalue weighted by molar-refractivity contribution is 7.17. The third-order valence-electron chi connectivity index (χ3n) is 5.82. The molecule has 1 unspecified atom stereocenters. The molecule has 2 fully saturated rings. The molecule has 0 aromatic carbocycles. The third kappa shape index (κ3) is 4.94. The van der Waals surface area contributed by atoms with Gasteiger partial charge in [-0.05, 0) is 63.7 Å². The fourth-order valence-electron chi connectivity index (χ4n) is 4.39. The van der Waals surface area contributed by atoms with Crippen molar-refractivity contribution in [2.24, 2.45) is 0 Å². The molecule has 0 saturated carbocycles. The topological polar surface area (TPSA) is 61.9 Å². The lowest BCUT2D eigenvalue weighted by atomic mass is 10.1. The van der Waals surface area contributed by atoms with Gasteiger partial charge in [0.25, 0.3) is 0 Å². The Morgan fingerprint density at radius 1 is 1.20 bits per heavy atom. The summed E-state index contributed by atoms with van der Waals surface area (Å²) in [5.74, 6) is -0.445. The molecule has 0 bridgehead atoms. The van der Waals surface area contributed by atoms with Crippen molar-refractivity contribution in [1.29, 1.82) is 0 Å². The largest absolute Gasteiger partial charge is 0.462 e. The SMILES string of the molecule is CCOC(=O)c1c(-c2cccs2)csc1NC(=O)CN1CCCC1CN1CCCC1. The van der Waals surface area contributed by atoms with Crippen LogP contribution >= 0.6 is 22.7 Å². The van der Waals surface area contributed by atoms with Gasteiger partial charge in [0.2, 0.25) is 5.91 Å². The highest BCUT2D eigenvalue weighted by Gasteiger charge is 2.30. The lowest BCUT2D eigenvalue weighted by Crippen LogP contribution is -2.42. The Bertz CT molecular complexity index is 859. The number of rotatable bonds is 8. The molecule has 162 valence electrons. The van der Waals surface area contributed by atoms with Gasteiger partial charge in [0.05, 0.1) is 13.2 Å². The number of amides is 1. The molecule has 2 aliphatic rings. The molecule has 0 aliphatic carbocycles. The monoisotopic (exact) mass is 447 g/mol. The molecule has 1 atom stereocenters. The first-order valence-electron chi connectivity index (χ1n) is 10.7. The van der Waals surface area contributed by atoms with Crippen LogP contribution in [0.15, 0.2) is 22.9 Å². The Kier molecular flexibility index (Phi) is 7.20. The number of carbonyl (C=O) groups excluding carboxylic acids is 2. The Morgan fingerprint density at radius 2 is 2.03 bits per heavy atom. The Hall–Kier alpha value is -1.74. The van der Waals surface area contributed by atoms with Crippen LogP contribution in [0.25, 0.3) is 10.4 Å². The summed E-state index contributed by atoms with van der Waals surface area (Å²) in [6.45, 7) is 6.84. The van der Waals surface area contributed by atoms with Crippen molar-refractivity contribution in [2.75, 3.05) is 44.6 Å². The first-order valence-corrected chi connectivity index (χ1v) is 12.5. The van der Waals surface area contributed by atoms with Crippen LogP contribution in [0.4, 0.5) is 5.00 Å². The highest BCUT2D eigenvalue weighted by atomic mass is 32.1. The second-order valence-corrected chi connectivity index (χ2v) is 9.70. The molecule has 1 amide bonds. The maximum atomic E-state index is 12.9. The van der Waals surface area contributed by atoms with Gasteiger partial charge in [0.1, 0.15) is 10.6 Å². The highest BCUT2D eigenvalue weighted by Crippen LogP contribution is 2.38. The van der Waals surface area contributed by atoms with Gasteiger partial charge in [-0.25, -0.2) is 4.79 Å². The van der Waals surface area contributed by atoms with Crippen molar-refractivity contribution < 1.29 is 14.3 Å². The summed E-state index contributed by atoms with van der Waals surface area (Å²) in [4.78, 5) is 31.3. The summed E-state index contributed by atoms with van der Waals surface area (Å²) in [7, 11) is 0. The molecule has 2 aromatic rings. The number of hydrogen-bond donors (Lipinski definition) is 1. The molecule has 4 heterocycles. The lowest BCUT2D eigenvalue weighted by molar-refractivity contribution is -0.117. The minimum Gasteiger partial charge on any atom is -0.462 e. The van der Waals surface area contributed by atoms with Crippen LogP contribution in [-0.4, -0.2) is 67.0 Å². The van der Waals surface area contributed by atoms with E-state index >= 15 is 0 Å². The molecule has 6 nitrogen and oxygen atoms in total. The standard InChI is InChI=1S/C22H29N3O3S2/c1-2-28-22(27)20-17(18-8-6-12-29-18)15-30-21(20)23-19(26)14-25-11-5-7-16(25)13-24-9-3-4-10-24/h6,8,12,15-16H,2-5,7,9-11,13-14H2,1H3,(H,23,26). The molecule has 4 rings (SSSR count). The van der Waals surface area contributed by atoms with E-state index in [1.165, 1.54) is 37.3 Å². The van der Waals surface area contributed by atoms with Gasteiger partial charge in [-0.2, -0.15) is 0 Å². The van der Waals surface area contributed by atoms with E-state index in [2.05, 4.69) is 15.1 Å². The molecule has 2 saturated heterocycles. The van der Waals surface area contributed by atoms with Crippen molar-refractivity contribution in [3.05, 3.63) is 28.5 Å². The van der Waals surface area contributed by atoms with Crippen LogP contribution in [-0.2, 0) is 9.53 Å². The van der Waals surface area contributed by atoms with Crippen LogP contribution in [0.3, 0.4) is 0 Å². The van der Waals surface area contributed by atoms with Crippen LogP contribution in [0.5, 0.6) is 0 Å². The van der Waals surface area contributed by atoms with Crippen molar-refractivity contribution >= 4 is 39.6 Å². The quantitative estimate of drug-likeness (QED) is 0.616. The van der Waals surface area contributed by atoms with E-state index in [-0.39, 0.29) is 11.9 Å². The average molecular weight is 448 g/mol. The maximum Gasteiger partial charge on any atom is 0.341 e. The van der Waals surface area contributed by atoms with Crippen molar-refractivity contribution in [1.82, 2.24) is 9.80 Å². The zero-order valence-electron chi connectivity index (χ0n) is 17.4. The molecular weight excluding hydrogens is 418 g/mol. The number of anilines is 1. The fraction of sp³-hybridized carbons (Fsp3) is 0.545. The molecule has 2 aromatic heterocycles. The van der Waals surface area contributed by atoms with Gasteiger partial charge < -0.3 is 15.0 Å². The summed E-state index contributed by atoms with van der Waals surface area (Å²) < 4.78 is 5.28. The first kappa shape index (κ1) is 21.5. The van der Waals surface area contributed by atoms with Crippen LogP contribution in [0.1, 0.15) is 43.0 Å². The number of ether oxygens (including phenoxy) is 1. The van der Waals surface area contributed by atoms with Gasteiger partial charge in [0, 0.05) is 28.4 Å². The van der Waals surface area contributed by atoms with Gasteiger partial charge in [-0.15, -0.1) is 22.7 Å². The number of nitrogens with zero attached hydrogens (tertiary/aromatic N) is 2. The number of nitrogens with one attached hydrogen (secondary N) is 1. The summed E-state index contributed by atoms with van der Waals surface area (Å²) in [6, 6.07) is 4.39.